The molecule has 4 heteroatoms. The third kappa shape index (κ3) is 5.10. The van der Waals surface area contributed by atoms with Crippen LogP contribution in [-0.2, 0) is 0 Å². The lowest BCUT2D eigenvalue weighted by Crippen LogP contribution is -2.21. The van der Waals surface area contributed by atoms with Gasteiger partial charge in [-0.3, -0.25) is 4.99 Å². The third-order valence-corrected chi connectivity index (χ3v) is 9.10. The van der Waals surface area contributed by atoms with Gasteiger partial charge in [0.2, 0.25) is 0 Å². The Morgan fingerprint density at radius 1 is 0.438 bits per heavy atom. The van der Waals surface area contributed by atoms with E-state index in [4.69, 9.17) is 15.0 Å². The van der Waals surface area contributed by atoms with Gasteiger partial charge in [-0.2, -0.15) is 0 Å². The van der Waals surface area contributed by atoms with E-state index in [1.807, 2.05) is 24.3 Å². The van der Waals surface area contributed by atoms with E-state index < -0.39 is 0 Å². The van der Waals surface area contributed by atoms with E-state index in [1.54, 1.807) is 0 Å². The largest absolute Gasteiger partial charge is 0.359 e. The summed E-state index contributed by atoms with van der Waals surface area (Å²) in [7, 11) is 0. The Morgan fingerprint density at radius 2 is 1.04 bits per heavy atom. The maximum absolute atomic E-state index is 5.28. The van der Waals surface area contributed by atoms with Gasteiger partial charge in [0, 0.05) is 33.2 Å². The van der Waals surface area contributed by atoms with Crippen LogP contribution < -0.4 is 5.32 Å². The van der Waals surface area contributed by atoms with Gasteiger partial charge in [-0.25, -0.2) is 9.97 Å². The normalized spacial score (nSPS) is 13.9. The van der Waals surface area contributed by atoms with E-state index in [0.29, 0.717) is 5.82 Å². The fourth-order valence-electron chi connectivity index (χ4n) is 6.62. The minimum absolute atomic E-state index is 0.199. The second-order valence-electron chi connectivity index (χ2n) is 12.1. The highest BCUT2D eigenvalue weighted by molar-refractivity contribution is 6.20. The van der Waals surface area contributed by atoms with Crippen molar-refractivity contribution in [1.29, 1.82) is 0 Å². The Bertz CT molecular complexity index is 2470. The zero-order valence-corrected chi connectivity index (χ0v) is 26.1. The topological polar surface area (TPSA) is 50.2 Å². The van der Waals surface area contributed by atoms with E-state index in [-0.39, 0.29) is 6.17 Å². The second kappa shape index (κ2) is 11.8. The summed E-state index contributed by atoms with van der Waals surface area (Å²) >= 11 is 0. The van der Waals surface area contributed by atoms with Crippen LogP contribution in [0.25, 0.3) is 55.4 Å². The molecule has 1 unspecified atom stereocenters. The first-order valence-corrected chi connectivity index (χ1v) is 16.2. The maximum atomic E-state index is 5.28. The Labute approximate surface area is 279 Å². The van der Waals surface area contributed by atoms with Crippen LogP contribution in [0.4, 0.5) is 5.69 Å². The molecule has 0 saturated carbocycles. The first-order chi connectivity index (χ1) is 23.8. The fraction of sp³-hybridized carbons (Fsp3) is 0.0227. The molecule has 0 saturated heterocycles. The number of hydrogen-bond acceptors (Lipinski definition) is 4. The van der Waals surface area contributed by atoms with Crippen LogP contribution in [0.15, 0.2) is 175 Å². The van der Waals surface area contributed by atoms with Gasteiger partial charge in [-0.05, 0) is 33.9 Å². The Morgan fingerprint density at radius 3 is 1.83 bits per heavy atom. The number of aromatic nitrogens is 2. The molecular weight excluding hydrogens is 585 g/mol. The van der Waals surface area contributed by atoms with Crippen LogP contribution in [-0.4, -0.2) is 15.7 Å². The summed E-state index contributed by atoms with van der Waals surface area (Å²) in [4.78, 5) is 15.5. The Balaban J connectivity index is 1.15. The average Bonchev–Trinajstić information content (AvgIpc) is 3.18. The quantitative estimate of drug-likeness (QED) is 0.210. The number of fused-ring (bicyclic) bond motifs is 4. The molecule has 7 aromatic carbocycles. The molecule has 2 heterocycles. The first-order valence-electron chi connectivity index (χ1n) is 16.2. The van der Waals surface area contributed by atoms with Crippen LogP contribution in [0, 0.1) is 0 Å². The molecule has 9 rings (SSSR count). The molecular formula is C44H30N4. The van der Waals surface area contributed by atoms with Gasteiger partial charge >= 0.3 is 0 Å². The Hall–Kier alpha value is -6.39. The molecule has 1 aliphatic heterocycles. The number of aliphatic imine (C=N–C) groups is 1. The van der Waals surface area contributed by atoms with Crippen LogP contribution in [0.2, 0.25) is 0 Å². The third-order valence-electron chi connectivity index (χ3n) is 9.10. The summed E-state index contributed by atoms with van der Waals surface area (Å²) in [6.45, 7) is 0. The smallest absolute Gasteiger partial charge is 0.160 e. The van der Waals surface area contributed by atoms with E-state index in [2.05, 4.69) is 151 Å². The van der Waals surface area contributed by atoms with Gasteiger partial charge in [-0.1, -0.05) is 158 Å². The van der Waals surface area contributed by atoms with E-state index >= 15 is 0 Å². The summed E-state index contributed by atoms with van der Waals surface area (Å²) in [6, 6.07) is 59.2. The summed E-state index contributed by atoms with van der Waals surface area (Å²) in [5.41, 5.74) is 10.2. The molecule has 0 fully saturated rings. The first kappa shape index (κ1) is 27.9. The van der Waals surface area contributed by atoms with Crippen molar-refractivity contribution in [3.05, 3.63) is 187 Å². The van der Waals surface area contributed by atoms with Crippen molar-refractivity contribution in [2.75, 3.05) is 5.32 Å². The molecule has 0 bridgehead atoms. The highest BCUT2D eigenvalue weighted by Crippen LogP contribution is 2.38. The van der Waals surface area contributed by atoms with Crippen molar-refractivity contribution < 1.29 is 0 Å². The molecule has 0 amide bonds. The molecule has 1 N–H and O–H groups in total. The van der Waals surface area contributed by atoms with Crippen LogP contribution in [0.3, 0.4) is 0 Å². The zero-order chi connectivity index (χ0) is 31.9. The SMILES string of the molecule is c1ccc(-c2cc(-c3ccc4ccccc4c3)nc(-c3ccc(C4=NC(c5ccccc5)Nc5c4ccc4ccccc54)cc3)n2)cc1. The molecule has 4 nitrogen and oxygen atoms in total. The molecule has 0 aliphatic carbocycles. The van der Waals surface area contributed by atoms with E-state index in [0.717, 1.165) is 56.2 Å². The second-order valence-corrected chi connectivity index (χ2v) is 12.1. The monoisotopic (exact) mass is 614 g/mol. The van der Waals surface area contributed by atoms with Gasteiger partial charge in [0.15, 0.2) is 5.82 Å². The van der Waals surface area contributed by atoms with E-state index in [9.17, 15) is 0 Å². The molecule has 0 radical (unpaired) electrons. The molecule has 226 valence electrons. The lowest BCUT2D eigenvalue weighted by atomic mass is 9.93. The standard InChI is InChI=1S/C44H30N4/c1-3-13-31(14-4-1)39-28-40(36-24-19-29-11-7-8-17-35(29)27-36)46-43(45-39)34-22-20-32(21-23-34)41-38-26-25-30-12-9-10-18-37(30)42(38)48-44(47-41)33-15-5-2-6-16-33/h1-28,44,48H. The number of rotatable bonds is 5. The van der Waals surface area contributed by atoms with Gasteiger partial charge in [0.05, 0.1) is 22.8 Å². The van der Waals surface area contributed by atoms with Crippen LogP contribution >= 0.6 is 0 Å². The number of anilines is 1. The van der Waals surface area contributed by atoms with Crippen molar-refractivity contribution in [2.45, 2.75) is 6.17 Å². The van der Waals surface area contributed by atoms with Gasteiger partial charge < -0.3 is 5.32 Å². The predicted octanol–water partition coefficient (Wildman–Crippen LogP) is 10.7. The van der Waals surface area contributed by atoms with Crippen molar-refractivity contribution in [3.63, 3.8) is 0 Å². The maximum Gasteiger partial charge on any atom is 0.160 e. The predicted molar refractivity (Wildman–Crippen MR) is 198 cm³/mol. The number of hydrogen-bond donors (Lipinski definition) is 1. The number of nitrogens with one attached hydrogen (secondary N) is 1. The molecule has 1 atom stereocenters. The molecule has 0 spiro atoms. The average molecular weight is 615 g/mol. The van der Waals surface area contributed by atoms with Crippen molar-refractivity contribution in [3.8, 4) is 33.9 Å². The molecule has 48 heavy (non-hydrogen) atoms. The zero-order valence-electron chi connectivity index (χ0n) is 26.1. The van der Waals surface area contributed by atoms with E-state index in [1.165, 1.54) is 21.5 Å². The molecule has 1 aromatic heterocycles. The highest BCUT2D eigenvalue weighted by Gasteiger charge is 2.24. The number of benzene rings is 7. The lowest BCUT2D eigenvalue weighted by molar-refractivity contribution is 0.830. The Kier molecular flexibility index (Phi) is 6.83. The minimum Gasteiger partial charge on any atom is -0.359 e. The van der Waals surface area contributed by atoms with Crippen molar-refractivity contribution >= 4 is 32.9 Å². The fourth-order valence-corrected chi connectivity index (χ4v) is 6.62. The summed E-state index contributed by atoms with van der Waals surface area (Å²) < 4.78 is 0. The van der Waals surface area contributed by atoms with Gasteiger partial charge in [-0.15, -0.1) is 0 Å². The van der Waals surface area contributed by atoms with Crippen molar-refractivity contribution in [2.24, 2.45) is 4.99 Å². The lowest BCUT2D eigenvalue weighted by Gasteiger charge is -2.27. The number of nitrogens with zero attached hydrogens (tertiary/aromatic N) is 3. The van der Waals surface area contributed by atoms with Crippen LogP contribution in [0.5, 0.6) is 0 Å². The van der Waals surface area contributed by atoms with Crippen LogP contribution in [0.1, 0.15) is 22.9 Å². The van der Waals surface area contributed by atoms with Crippen molar-refractivity contribution in [1.82, 2.24) is 9.97 Å². The summed E-state index contributed by atoms with van der Waals surface area (Å²) in [5.74, 6) is 0.687. The molecule has 1 aliphatic rings. The van der Waals surface area contributed by atoms with Gasteiger partial charge in [0.25, 0.3) is 0 Å². The summed E-state index contributed by atoms with van der Waals surface area (Å²) in [6.07, 6.45) is -0.199. The minimum atomic E-state index is -0.199. The highest BCUT2D eigenvalue weighted by atomic mass is 15.1. The summed E-state index contributed by atoms with van der Waals surface area (Å²) in [5, 5.41) is 8.52. The van der Waals surface area contributed by atoms with Gasteiger partial charge in [0.1, 0.15) is 6.17 Å². The molecule has 8 aromatic rings.